The molecule has 2 aromatic carbocycles. The highest BCUT2D eigenvalue weighted by Gasteiger charge is 2.22. The fraction of sp³-hybridized carbons (Fsp3) is 0.190. The molecule has 0 unspecified atom stereocenters. The number of fused-ring (bicyclic) bond motifs is 1. The Bertz CT molecular complexity index is 1160. The second-order valence-corrected chi connectivity index (χ2v) is 7.26. The summed E-state index contributed by atoms with van der Waals surface area (Å²) in [6.45, 7) is 2.21. The molecule has 1 aliphatic rings. The number of morpholine rings is 1. The van der Waals surface area contributed by atoms with Gasteiger partial charge in [0.25, 0.3) is 11.6 Å². The average Bonchev–Trinajstić information content (AvgIpc) is 2.79. The van der Waals surface area contributed by atoms with Crippen molar-refractivity contribution in [3.8, 4) is 0 Å². The number of ether oxygens (including phenoxy) is 1. The number of hydrogen-bond donors (Lipinski definition) is 2. The van der Waals surface area contributed by atoms with Crippen LogP contribution in [0.4, 0.5) is 17.1 Å². The standard InChI is InChI=1S/C21H19N5O4S/c27-20(24-21(31)23-17-5-1-3-14-4-2-8-22-19(14)17)16-13-15(26(28)29)6-7-18(16)25-9-11-30-12-10-25/h1-8,13H,9-12H2,(H2,23,24,27,31). The van der Waals surface area contributed by atoms with E-state index in [1.165, 1.54) is 12.1 Å². The van der Waals surface area contributed by atoms with E-state index in [1.807, 2.05) is 29.2 Å². The molecule has 1 saturated heterocycles. The molecule has 2 heterocycles. The van der Waals surface area contributed by atoms with Gasteiger partial charge in [-0.15, -0.1) is 0 Å². The van der Waals surface area contributed by atoms with Crippen molar-refractivity contribution >= 4 is 51.2 Å². The van der Waals surface area contributed by atoms with Crippen molar-refractivity contribution in [3.63, 3.8) is 0 Å². The maximum Gasteiger partial charge on any atom is 0.270 e. The monoisotopic (exact) mass is 437 g/mol. The fourth-order valence-corrected chi connectivity index (χ4v) is 3.63. The second-order valence-electron chi connectivity index (χ2n) is 6.85. The number of pyridine rings is 1. The van der Waals surface area contributed by atoms with E-state index in [4.69, 9.17) is 17.0 Å². The minimum absolute atomic E-state index is 0.0718. The van der Waals surface area contributed by atoms with E-state index in [2.05, 4.69) is 15.6 Å². The van der Waals surface area contributed by atoms with E-state index < -0.39 is 10.8 Å². The van der Waals surface area contributed by atoms with Crippen LogP contribution < -0.4 is 15.5 Å². The number of hydrogen-bond acceptors (Lipinski definition) is 7. The van der Waals surface area contributed by atoms with Crippen LogP contribution in [-0.2, 0) is 4.74 Å². The molecule has 158 valence electrons. The molecule has 10 heteroatoms. The fourth-order valence-electron chi connectivity index (χ4n) is 3.43. The number of benzene rings is 2. The first-order valence-electron chi connectivity index (χ1n) is 9.60. The quantitative estimate of drug-likeness (QED) is 0.364. The number of non-ortho nitro benzene ring substituents is 1. The van der Waals surface area contributed by atoms with Crippen molar-refractivity contribution in [3.05, 3.63) is 70.4 Å². The summed E-state index contributed by atoms with van der Waals surface area (Å²) in [6.07, 6.45) is 1.67. The first-order valence-corrected chi connectivity index (χ1v) is 10.0. The van der Waals surface area contributed by atoms with Crippen LogP contribution in [-0.4, -0.2) is 47.2 Å². The van der Waals surface area contributed by atoms with Gasteiger partial charge in [-0.1, -0.05) is 18.2 Å². The third-order valence-corrected chi connectivity index (χ3v) is 5.10. The molecule has 2 N–H and O–H groups in total. The molecule has 1 amide bonds. The molecule has 1 aromatic heterocycles. The summed E-state index contributed by atoms with van der Waals surface area (Å²) in [4.78, 5) is 30.0. The lowest BCUT2D eigenvalue weighted by Crippen LogP contribution is -2.39. The van der Waals surface area contributed by atoms with Crippen molar-refractivity contribution < 1.29 is 14.5 Å². The SMILES string of the molecule is O=C(NC(=S)Nc1cccc2cccnc12)c1cc([N+](=O)[O-])ccc1N1CCOCC1. The molecule has 0 bridgehead atoms. The maximum absolute atomic E-state index is 13.0. The Morgan fingerprint density at radius 1 is 1.16 bits per heavy atom. The number of para-hydroxylation sites is 1. The summed E-state index contributed by atoms with van der Waals surface area (Å²) < 4.78 is 5.36. The Morgan fingerprint density at radius 3 is 2.71 bits per heavy atom. The van der Waals surface area contributed by atoms with Crippen LogP contribution in [0.2, 0.25) is 0 Å². The van der Waals surface area contributed by atoms with Crippen molar-refractivity contribution in [1.82, 2.24) is 10.3 Å². The number of aromatic nitrogens is 1. The van der Waals surface area contributed by atoms with Gasteiger partial charge in [-0.3, -0.25) is 25.2 Å². The number of thiocarbonyl (C=S) groups is 1. The van der Waals surface area contributed by atoms with Crippen LogP contribution in [0.1, 0.15) is 10.4 Å². The van der Waals surface area contributed by atoms with Crippen molar-refractivity contribution in [2.75, 3.05) is 36.5 Å². The zero-order valence-corrected chi connectivity index (χ0v) is 17.2. The first kappa shape index (κ1) is 20.6. The van der Waals surface area contributed by atoms with Crippen molar-refractivity contribution in [2.24, 2.45) is 0 Å². The zero-order valence-electron chi connectivity index (χ0n) is 16.4. The molecule has 0 saturated carbocycles. The number of carbonyl (C=O) groups is 1. The second kappa shape index (κ2) is 9.02. The van der Waals surface area contributed by atoms with Crippen LogP contribution in [0.15, 0.2) is 54.7 Å². The highest BCUT2D eigenvalue weighted by molar-refractivity contribution is 7.80. The van der Waals surface area contributed by atoms with Gasteiger partial charge in [-0.05, 0) is 30.4 Å². The van der Waals surface area contributed by atoms with Gasteiger partial charge in [0.05, 0.1) is 40.6 Å². The number of amides is 1. The Labute approximate surface area is 183 Å². The molecule has 4 rings (SSSR count). The van der Waals surface area contributed by atoms with Gasteiger partial charge >= 0.3 is 0 Å². The molecular formula is C21H19N5O4S. The Kier molecular flexibility index (Phi) is 6.01. The normalized spacial score (nSPS) is 13.6. The van der Waals surface area contributed by atoms with Crippen LogP contribution in [0.3, 0.4) is 0 Å². The molecule has 0 aliphatic carbocycles. The number of rotatable bonds is 4. The molecule has 31 heavy (non-hydrogen) atoms. The minimum atomic E-state index is -0.532. The highest BCUT2D eigenvalue weighted by atomic mass is 32.1. The molecule has 0 radical (unpaired) electrons. The van der Waals surface area contributed by atoms with Gasteiger partial charge in [-0.2, -0.15) is 0 Å². The number of anilines is 2. The molecule has 9 nitrogen and oxygen atoms in total. The van der Waals surface area contributed by atoms with Gasteiger partial charge in [0.15, 0.2) is 5.11 Å². The van der Waals surface area contributed by atoms with Gasteiger partial charge < -0.3 is 15.0 Å². The Balaban J connectivity index is 1.57. The van der Waals surface area contributed by atoms with Gasteiger partial charge in [0.2, 0.25) is 0 Å². The lowest BCUT2D eigenvalue weighted by atomic mass is 10.1. The topological polar surface area (TPSA) is 110 Å². The van der Waals surface area contributed by atoms with Gasteiger partial charge in [0, 0.05) is 36.8 Å². The minimum Gasteiger partial charge on any atom is -0.378 e. The number of nitro benzene ring substituents is 1. The first-order chi connectivity index (χ1) is 15.0. The largest absolute Gasteiger partial charge is 0.378 e. The van der Waals surface area contributed by atoms with E-state index in [1.54, 1.807) is 18.3 Å². The summed E-state index contributed by atoms with van der Waals surface area (Å²) in [6, 6.07) is 13.6. The highest BCUT2D eigenvalue weighted by Crippen LogP contribution is 2.27. The van der Waals surface area contributed by atoms with Crippen molar-refractivity contribution in [2.45, 2.75) is 0 Å². The molecule has 1 fully saturated rings. The third-order valence-electron chi connectivity index (χ3n) is 4.90. The predicted octanol–water partition coefficient (Wildman–Crippen LogP) is 3.11. The molecular weight excluding hydrogens is 418 g/mol. The Morgan fingerprint density at radius 2 is 1.94 bits per heavy atom. The predicted molar refractivity (Wildman–Crippen MR) is 122 cm³/mol. The van der Waals surface area contributed by atoms with E-state index >= 15 is 0 Å². The summed E-state index contributed by atoms with van der Waals surface area (Å²) in [5.74, 6) is -0.532. The third kappa shape index (κ3) is 4.60. The van der Waals surface area contributed by atoms with Gasteiger partial charge in [-0.25, -0.2) is 0 Å². The number of nitrogens with zero attached hydrogens (tertiary/aromatic N) is 3. The zero-order chi connectivity index (χ0) is 21.8. The number of carbonyl (C=O) groups excluding carboxylic acids is 1. The lowest BCUT2D eigenvalue weighted by molar-refractivity contribution is -0.384. The van der Waals surface area contributed by atoms with Gasteiger partial charge in [0.1, 0.15) is 0 Å². The van der Waals surface area contributed by atoms with E-state index in [-0.39, 0.29) is 16.4 Å². The molecule has 1 aliphatic heterocycles. The molecule has 0 spiro atoms. The molecule has 0 atom stereocenters. The summed E-state index contributed by atoms with van der Waals surface area (Å²) in [7, 11) is 0. The smallest absolute Gasteiger partial charge is 0.270 e. The van der Waals surface area contributed by atoms with Crippen LogP contribution >= 0.6 is 12.2 Å². The summed E-state index contributed by atoms with van der Waals surface area (Å²) >= 11 is 5.32. The van der Waals surface area contributed by atoms with Crippen molar-refractivity contribution in [1.29, 1.82) is 0 Å². The van der Waals surface area contributed by atoms with Crippen LogP contribution in [0.25, 0.3) is 10.9 Å². The number of nitro groups is 1. The molecule has 3 aromatic rings. The summed E-state index contributed by atoms with van der Waals surface area (Å²) in [5.41, 5.74) is 1.97. The summed E-state index contributed by atoms with van der Waals surface area (Å²) in [5, 5.41) is 17.9. The van der Waals surface area contributed by atoms with E-state index in [9.17, 15) is 14.9 Å². The maximum atomic E-state index is 13.0. The van der Waals surface area contributed by atoms with Crippen LogP contribution in [0.5, 0.6) is 0 Å². The number of nitrogens with one attached hydrogen (secondary N) is 2. The van der Waals surface area contributed by atoms with E-state index in [0.717, 1.165) is 5.39 Å². The van der Waals surface area contributed by atoms with E-state index in [0.29, 0.717) is 43.2 Å². The van der Waals surface area contributed by atoms with Crippen LogP contribution in [0, 0.1) is 10.1 Å². The average molecular weight is 437 g/mol. The lowest BCUT2D eigenvalue weighted by Gasteiger charge is -2.30. The Hall–Kier alpha value is -3.63.